The average Bonchev–Trinajstić information content (AvgIpc) is 2.48. The summed E-state index contributed by atoms with van der Waals surface area (Å²) in [5.41, 5.74) is 4.51. The van der Waals surface area contributed by atoms with Crippen molar-refractivity contribution in [2.75, 3.05) is 13.1 Å². The first-order valence-corrected chi connectivity index (χ1v) is 7.77. The summed E-state index contributed by atoms with van der Waals surface area (Å²) in [6, 6.07) is 0. The predicted octanol–water partition coefficient (Wildman–Crippen LogP) is 2.13. The van der Waals surface area contributed by atoms with Gasteiger partial charge in [0.15, 0.2) is 5.78 Å². The summed E-state index contributed by atoms with van der Waals surface area (Å²) in [4.78, 5) is 26.2. The molecule has 3 heterocycles. The third-order valence-electron chi connectivity index (χ3n) is 5.01. The fourth-order valence-corrected chi connectivity index (χ4v) is 4.18. The van der Waals surface area contributed by atoms with Crippen LogP contribution in [0.3, 0.4) is 0 Å². The summed E-state index contributed by atoms with van der Waals surface area (Å²) in [6.45, 7) is 3.73. The SMILES string of the molecule is CC(=O)C1=CC(=O)OC2C3=C4C(=CC12)CCCN4CCC3. The van der Waals surface area contributed by atoms with E-state index in [1.807, 2.05) is 0 Å². The molecular weight excluding hydrogens is 266 g/mol. The number of ether oxygens (including phenoxy) is 1. The minimum atomic E-state index is -0.376. The summed E-state index contributed by atoms with van der Waals surface area (Å²) < 4.78 is 5.61. The molecule has 4 aliphatic rings. The molecule has 21 heavy (non-hydrogen) atoms. The van der Waals surface area contributed by atoms with Crippen molar-refractivity contribution in [2.45, 2.75) is 38.7 Å². The Kier molecular flexibility index (Phi) is 2.81. The molecule has 2 unspecified atom stereocenters. The van der Waals surface area contributed by atoms with E-state index in [-0.39, 0.29) is 23.8 Å². The van der Waals surface area contributed by atoms with Gasteiger partial charge >= 0.3 is 5.97 Å². The number of ketones is 1. The van der Waals surface area contributed by atoms with Crippen LogP contribution in [-0.4, -0.2) is 35.8 Å². The largest absolute Gasteiger partial charge is 0.454 e. The number of esters is 1. The smallest absolute Gasteiger partial charge is 0.331 e. The van der Waals surface area contributed by atoms with E-state index in [9.17, 15) is 9.59 Å². The van der Waals surface area contributed by atoms with Crippen LogP contribution >= 0.6 is 0 Å². The second kappa shape index (κ2) is 4.58. The van der Waals surface area contributed by atoms with E-state index in [1.54, 1.807) is 0 Å². The Hall–Kier alpha value is -1.84. The maximum atomic E-state index is 11.9. The lowest BCUT2D eigenvalue weighted by molar-refractivity contribution is -0.145. The lowest BCUT2D eigenvalue weighted by Gasteiger charge is -2.45. The Morgan fingerprint density at radius 2 is 2.05 bits per heavy atom. The van der Waals surface area contributed by atoms with Gasteiger partial charge < -0.3 is 9.64 Å². The number of nitrogens with zero attached hydrogens (tertiary/aromatic N) is 1. The number of carbonyl (C=O) groups excluding carboxylic acids is 2. The van der Waals surface area contributed by atoms with E-state index in [0.29, 0.717) is 5.57 Å². The number of fused-ring (bicyclic) bond motifs is 2. The average molecular weight is 285 g/mol. The Labute approximate surface area is 124 Å². The van der Waals surface area contributed by atoms with Crippen LogP contribution in [0, 0.1) is 5.92 Å². The van der Waals surface area contributed by atoms with E-state index in [0.717, 1.165) is 32.4 Å². The van der Waals surface area contributed by atoms with Gasteiger partial charge in [-0.2, -0.15) is 0 Å². The van der Waals surface area contributed by atoms with Gasteiger partial charge in [-0.15, -0.1) is 0 Å². The topological polar surface area (TPSA) is 46.6 Å². The maximum absolute atomic E-state index is 11.9. The fraction of sp³-hybridized carbons (Fsp3) is 0.529. The second-order valence-electron chi connectivity index (χ2n) is 6.30. The van der Waals surface area contributed by atoms with Crippen LogP contribution in [0.15, 0.2) is 34.6 Å². The summed E-state index contributed by atoms with van der Waals surface area (Å²) >= 11 is 0. The molecule has 1 aliphatic carbocycles. The molecule has 4 nitrogen and oxygen atoms in total. The van der Waals surface area contributed by atoms with Crippen LogP contribution in [-0.2, 0) is 14.3 Å². The highest BCUT2D eigenvalue weighted by atomic mass is 16.5. The number of Topliss-reactive ketones (excluding diaryl/α,β-unsaturated/α-hetero) is 1. The van der Waals surface area contributed by atoms with E-state index in [2.05, 4.69) is 11.0 Å². The monoisotopic (exact) mass is 285 g/mol. The molecule has 0 radical (unpaired) electrons. The van der Waals surface area contributed by atoms with Crippen molar-refractivity contribution in [3.63, 3.8) is 0 Å². The zero-order valence-corrected chi connectivity index (χ0v) is 12.2. The van der Waals surface area contributed by atoms with Crippen molar-refractivity contribution in [3.05, 3.63) is 34.6 Å². The summed E-state index contributed by atoms with van der Waals surface area (Å²) in [6.07, 6.45) is 7.61. The maximum Gasteiger partial charge on any atom is 0.331 e. The van der Waals surface area contributed by atoms with Gasteiger partial charge in [-0.05, 0) is 43.8 Å². The van der Waals surface area contributed by atoms with Gasteiger partial charge in [0.05, 0.1) is 0 Å². The van der Waals surface area contributed by atoms with Crippen LogP contribution in [0.4, 0.5) is 0 Å². The quantitative estimate of drug-likeness (QED) is 0.692. The lowest BCUT2D eigenvalue weighted by Crippen LogP contribution is -2.44. The highest BCUT2D eigenvalue weighted by Gasteiger charge is 2.43. The third-order valence-corrected chi connectivity index (χ3v) is 5.01. The van der Waals surface area contributed by atoms with Gasteiger partial charge in [0.1, 0.15) is 6.10 Å². The van der Waals surface area contributed by atoms with Crippen molar-refractivity contribution in [1.29, 1.82) is 0 Å². The van der Waals surface area contributed by atoms with Crippen LogP contribution in [0.1, 0.15) is 32.6 Å². The molecule has 0 aromatic carbocycles. The summed E-state index contributed by atoms with van der Waals surface area (Å²) in [5.74, 6) is -0.475. The minimum absolute atomic E-state index is 0.0222. The number of hydrogen-bond donors (Lipinski definition) is 0. The van der Waals surface area contributed by atoms with Gasteiger partial charge in [0.2, 0.25) is 0 Å². The molecule has 0 aromatic rings. The standard InChI is InChI=1S/C17H19NO3/c1-10(19)13-9-15(20)21-17-12-5-3-7-18-6-2-4-11(16(12)18)8-14(13)17/h8-9,14,17H,2-7H2,1H3. The Bertz CT molecular complexity index is 626. The van der Waals surface area contributed by atoms with Crippen LogP contribution < -0.4 is 0 Å². The molecule has 4 rings (SSSR count). The van der Waals surface area contributed by atoms with E-state index >= 15 is 0 Å². The van der Waals surface area contributed by atoms with Crippen molar-refractivity contribution < 1.29 is 14.3 Å². The molecule has 1 saturated heterocycles. The van der Waals surface area contributed by atoms with E-state index in [4.69, 9.17) is 4.74 Å². The van der Waals surface area contributed by atoms with Gasteiger partial charge in [-0.25, -0.2) is 4.79 Å². The first-order chi connectivity index (χ1) is 10.1. The molecule has 4 heteroatoms. The zero-order valence-electron chi connectivity index (χ0n) is 12.2. The number of carbonyl (C=O) groups is 2. The number of allylic oxidation sites excluding steroid dienone is 1. The number of rotatable bonds is 1. The van der Waals surface area contributed by atoms with Gasteiger partial charge in [-0.1, -0.05) is 6.08 Å². The van der Waals surface area contributed by atoms with Crippen LogP contribution in [0.5, 0.6) is 0 Å². The fourth-order valence-electron chi connectivity index (χ4n) is 4.18. The van der Waals surface area contributed by atoms with Crippen molar-refractivity contribution in [2.24, 2.45) is 5.92 Å². The summed E-state index contributed by atoms with van der Waals surface area (Å²) in [5, 5.41) is 0. The van der Waals surface area contributed by atoms with Crippen molar-refractivity contribution in [3.8, 4) is 0 Å². The van der Waals surface area contributed by atoms with E-state index in [1.165, 1.54) is 36.3 Å². The molecule has 0 aromatic heterocycles. The van der Waals surface area contributed by atoms with Gasteiger partial charge in [0.25, 0.3) is 0 Å². The predicted molar refractivity (Wildman–Crippen MR) is 77.3 cm³/mol. The highest BCUT2D eigenvalue weighted by Crippen LogP contribution is 2.45. The number of piperidine rings is 1. The molecule has 1 fully saturated rings. The first kappa shape index (κ1) is 12.9. The van der Waals surface area contributed by atoms with Crippen LogP contribution in [0.2, 0.25) is 0 Å². The molecule has 0 spiro atoms. The molecule has 0 N–H and O–H groups in total. The zero-order chi connectivity index (χ0) is 14.6. The first-order valence-electron chi connectivity index (χ1n) is 7.77. The van der Waals surface area contributed by atoms with Gasteiger partial charge in [0, 0.05) is 36.4 Å². The molecule has 0 saturated carbocycles. The highest BCUT2D eigenvalue weighted by molar-refractivity contribution is 6.01. The number of hydrogen-bond acceptors (Lipinski definition) is 4. The Morgan fingerprint density at radius 1 is 1.29 bits per heavy atom. The molecule has 2 atom stereocenters. The lowest BCUT2D eigenvalue weighted by atomic mass is 9.74. The van der Waals surface area contributed by atoms with Gasteiger partial charge in [-0.3, -0.25) is 4.79 Å². The van der Waals surface area contributed by atoms with Crippen LogP contribution in [0.25, 0.3) is 0 Å². The summed E-state index contributed by atoms with van der Waals surface area (Å²) in [7, 11) is 0. The molecule has 0 amide bonds. The third kappa shape index (κ3) is 1.88. The molecule has 0 bridgehead atoms. The minimum Gasteiger partial charge on any atom is -0.454 e. The van der Waals surface area contributed by atoms with E-state index < -0.39 is 0 Å². The van der Waals surface area contributed by atoms with Crippen molar-refractivity contribution in [1.82, 2.24) is 4.90 Å². The molecule has 110 valence electrons. The Morgan fingerprint density at radius 3 is 2.81 bits per heavy atom. The van der Waals surface area contributed by atoms with Crippen molar-refractivity contribution >= 4 is 11.8 Å². The normalized spacial score (nSPS) is 30.9. The second-order valence-corrected chi connectivity index (χ2v) is 6.30. The molecule has 3 aliphatic heterocycles. The molecular formula is C17H19NO3. The Balaban J connectivity index is 1.84.